The molecule has 2 aliphatic heterocycles. The van der Waals surface area contributed by atoms with Crippen LogP contribution in [-0.4, -0.2) is 42.1 Å². The Morgan fingerprint density at radius 3 is 2.70 bits per heavy atom. The van der Waals surface area contributed by atoms with E-state index in [2.05, 4.69) is 31.8 Å². The second-order valence-electron chi connectivity index (χ2n) is 5.66. The number of benzene rings is 1. The van der Waals surface area contributed by atoms with Gasteiger partial charge in [0.15, 0.2) is 0 Å². The predicted octanol–water partition coefficient (Wildman–Crippen LogP) is 2.76. The summed E-state index contributed by atoms with van der Waals surface area (Å²) in [4.78, 5) is 5.55. The summed E-state index contributed by atoms with van der Waals surface area (Å²) in [6, 6.07) is 6.85. The van der Waals surface area contributed by atoms with Crippen molar-refractivity contribution >= 4 is 38.8 Å². The predicted molar refractivity (Wildman–Crippen MR) is 91.5 cm³/mol. The molecule has 0 aromatic heterocycles. The highest BCUT2D eigenvalue weighted by Crippen LogP contribution is 2.30. The summed E-state index contributed by atoms with van der Waals surface area (Å²) in [7, 11) is 0. The standard InChI is InChI=1S/C15H20BrN3S/c16-11-3-4-13(15(17)20)14(9-11)19-8-5-12(10-19)18-6-1-2-7-18/h3-4,9,12H,1-2,5-8,10H2,(H2,17,20). The highest BCUT2D eigenvalue weighted by atomic mass is 79.9. The monoisotopic (exact) mass is 353 g/mol. The van der Waals surface area contributed by atoms with E-state index in [9.17, 15) is 0 Å². The molecule has 1 atom stereocenters. The summed E-state index contributed by atoms with van der Waals surface area (Å²) < 4.78 is 1.08. The van der Waals surface area contributed by atoms with Gasteiger partial charge in [-0.25, -0.2) is 0 Å². The van der Waals surface area contributed by atoms with Gasteiger partial charge < -0.3 is 10.6 Å². The van der Waals surface area contributed by atoms with E-state index in [-0.39, 0.29) is 0 Å². The summed E-state index contributed by atoms with van der Waals surface area (Å²) in [5, 5.41) is 0. The minimum Gasteiger partial charge on any atom is -0.389 e. The zero-order valence-electron chi connectivity index (χ0n) is 11.5. The van der Waals surface area contributed by atoms with Crippen LogP contribution in [0, 0.1) is 0 Å². The first-order chi connectivity index (χ1) is 9.65. The Kier molecular flexibility index (Phi) is 4.29. The third-order valence-electron chi connectivity index (χ3n) is 4.39. The van der Waals surface area contributed by atoms with E-state index in [1.807, 2.05) is 12.1 Å². The zero-order valence-corrected chi connectivity index (χ0v) is 13.9. The topological polar surface area (TPSA) is 32.5 Å². The molecule has 1 unspecified atom stereocenters. The van der Waals surface area contributed by atoms with E-state index >= 15 is 0 Å². The summed E-state index contributed by atoms with van der Waals surface area (Å²) in [5.74, 6) is 0. The molecule has 2 saturated heterocycles. The van der Waals surface area contributed by atoms with Crippen molar-refractivity contribution in [3.05, 3.63) is 28.2 Å². The van der Waals surface area contributed by atoms with Crippen LogP contribution in [0.4, 0.5) is 5.69 Å². The minimum absolute atomic E-state index is 0.483. The molecule has 1 aromatic rings. The molecule has 108 valence electrons. The number of likely N-dealkylation sites (tertiary alicyclic amines) is 1. The number of hydrogen-bond donors (Lipinski definition) is 1. The summed E-state index contributed by atoms with van der Waals surface area (Å²) in [6.07, 6.45) is 3.94. The molecule has 2 heterocycles. The minimum atomic E-state index is 0.483. The Morgan fingerprint density at radius 2 is 2.00 bits per heavy atom. The van der Waals surface area contributed by atoms with Crippen molar-refractivity contribution in [3.8, 4) is 0 Å². The van der Waals surface area contributed by atoms with Gasteiger partial charge in [-0.3, -0.25) is 4.90 Å². The first-order valence-electron chi connectivity index (χ1n) is 7.23. The van der Waals surface area contributed by atoms with Crippen molar-refractivity contribution in [2.75, 3.05) is 31.1 Å². The average Bonchev–Trinajstić information content (AvgIpc) is 3.09. The molecule has 2 aliphatic rings. The SMILES string of the molecule is NC(=S)c1ccc(Br)cc1N1CCC(N2CCCC2)C1. The fourth-order valence-electron chi connectivity index (χ4n) is 3.34. The molecule has 20 heavy (non-hydrogen) atoms. The molecule has 1 aromatic carbocycles. The van der Waals surface area contributed by atoms with Gasteiger partial charge in [0.1, 0.15) is 4.99 Å². The molecular weight excluding hydrogens is 334 g/mol. The molecule has 0 saturated carbocycles. The van der Waals surface area contributed by atoms with Crippen LogP contribution in [0.5, 0.6) is 0 Å². The molecule has 0 amide bonds. The molecule has 2 N–H and O–H groups in total. The average molecular weight is 354 g/mol. The number of thiocarbonyl (C=S) groups is 1. The van der Waals surface area contributed by atoms with Crippen molar-refractivity contribution in [2.24, 2.45) is 5.73 Å². The molecule has 0 radical (unpaired) electrons. The lowest BCUT2D eigenvalue weighted by molar-refractivity contribution is 0.260. The fraction of sp³-hybridized carbons (Fsp3) is 0.533. The van der Waals surface area contributed by atoms with Crippen LogP contribution in [0.2, 0.25) is 0 Å². The number of hydrogen-bond acceptors (Lipinski definition) is 3. The fourth-order valence-corrected chi connectivity index (χ4v) is 3.86. The van der Waals surface area contributed by atoms with Crippen molar-refractivity contribution in [2.45, 2.75) is 25.3 Å². The Balaban J connectivity index is 1.80. The van der Waals surface area contributed by atoms with Crippen LogP contribution in [0.3, 0.4) is 0 Å². The maximum Gasteiger partial charge on any atom is 0.106 e. The van der Waals surface area contributed by atoms with Gasteiger partial charge in [0.25, 0.3) is 0 Å². The highest BCUT2D eigenvalue weighted by molar-refractivity contribution is 9.10. The maximum atomic E-state index is 5.87. The summed E-state index contributed by atoms with van der Waals surface area (Å²) >= 11 is 8.74. The van der Waals surface area contributed by atoms with Gasteiger partial charge >= 0.3 is 0 Å². The smallest absolute Gasteiger partial charge is 0.106 e. The Bertz CT molecular complexity index is 514. The number of halogens is 1. The first-order valence-corrected chi connectivity index (χ1v) is 8.43. The van der Waals surface area contributed by atoms with E-state index in [1.54, 1.807) is 0 Å². The number of anilines is 1. The van der Waals surface area contributed by atoms with Crippen LogP contribution in [0.15, 0.2) is 22.7 Å². The van der Waals surface area contributed by atoms with Crippen LogP contribution in [0.25, 0.3) is 0 Å². The van der Waals surface area contributed by atoms with Crippen molar-refractivity contribution in [1.82, 2.24) is 4.90 Å². The molecule has 0 bridgehead atoms. The lowest BCUT2D eigenvalue weighted by Crippen LogP contribution is -2.35. The van der Waals surface area contributed by atoms with E-state index in [1.165, 1.54) is 38.0 Å². The van der Waals surface area contributed by atoms with Crippen LogP contribution >= 0.6 is 28.1 Å². The van der Waals surface area contributed by atoms with E-state index < -0.39 is 0 Å². The van der Waals surface area contributed by atoms with Crippen LogP contribution < -0.4 is 10.6 Å². The van der Waals surface area contributed by atoms with Gasteiger partial charge in [-0.05, 0) is 50.6 Å². The Hall–Kier alpha value is -0.650. The number of rotatable bonds is 3. The largest absolute Gasteiger partial charge is 0.389 e. The van der Waals surface area contributed by atoms with Gasteiger partial charge in [0.05, 0.1) is 0 Å². The third kappa shape index (κ3) is 2.85. The van der Waals surface area contributed by atoms with Crippen molar-refractivity contribution in [1.29, 1.82) is 0 Å². The van der Waals surface area contributed by atoms with E-state index in [4.69, 9.17) is 18.0 Å². The van der Waals surface area contributed by atoms with Gasteiger partial charge in [-0.15, -0.1) is 0 Å². The second kappa shape index (κ2) is 6.00. The van der Waals surface area contributed by atoms with E-state index in [0.717, 1.165) is 23.1 Å². The number of nitrogens with zero attached hydrogens (tertiary/aromatic N) is 2. The highest BCUT2D eigenvalue weighted by Gasteiger charge is 2.30. The third-order valence-corrected chi connectivity index (χ3v) is 5.10. The molecule has 0 spiro atoms. The zero-order chi connectivity index (χ0) is 14.1. The van der Waals surface area contributed by atoms with Crippen molar-refractivity contribution in [3.63, 3.8) is 0 Å². The lowest BCUT2D eigenvalue weighted by atomic mass is 10.1. The van der Waals surface area contributed by atoms with Crippen LogP contribution in [0.1, 0.15) is 24.8 Å². The van der Waals surface area contributed by atoms with Gasteiger partial charge in [0.2, 0.25) is 0 Å². The molecule has 5 heteroatoms. The molecule has 2 fully saturated rings. The van der Waals surface area contributed by atoms with Crippen LogP contribution in [-0.2, 0) is 0 Å². The first kappa shape index (κ1) is 14.3. The molecule has 3 nitrogen and oxygen atoms in total. The Morgan fingerprint density at radius 1 is 1.25 bits per heavy atom. The Labute approximate surface area is 134 Å². The quantitative estimate of drug-likeness (QED) is 0.846. The van der Waals surface area contributed by atoms with Gasteiger partial charge in [-0.2, -0.15) is 0 Å². The summed E-state index contributed by atoms with van der Waals surface area (Å²) in [5.41, 5.74) is 8.03. The van der Waals surface area contributed by atoms with E-state index in [0.29, 0.717) is 11.0 Å². The maximum absolute atomic E-state index is 5.87. The lowest BCUT2D eigenvalue weighted by Gasteiger charge is -2.25. The summed E-state index contributed by atoms with van der Waals surface area (Å²) in [6.45, 7) is 4.71. The van der Waals surface area contributed by atoms with Gasteiger partial charge in [-0.1, -0.05) is 28.1 Å². The molecule has 3 rings (SSSR count). The second-order valence-corrected chi connectivity index (χ2v) is 7.01. The number of nitrogens with two attached hydrogens (primary N) is 1. The van der Waals surface area contributed by atoms with Gasteiger partial charge in [0, 0.05) is 34.9 Å². The molecule has 0 aliphatic carbocycles. The van der Waals surface area contributed by atoms with Crippen molar-refractivity contribution < 1.29 is 0 Å². The normalized spacial score (nSPS) is 23.4. The molecular formula is C15H20BrN3S.